The van der Waals surface area contributed by atoms with Gasteiger partial charge in [-0.3, -0.25) is 0 Å². The number of carbonyl (C=O) groups is 1. The number of Topliss-reactive ketones (excluding diaryl/α,β-unsaturated/α-hetero) is 1. The highest BCUT2D eigenvalue weighted by molar-refractivity contribution is 5.75. The second-order valence-corrected chi connectivity index (χ2v) is 2.18. The van der Waals surface area contributed by atoms with Crippen LogP contribution in [0.15, 0.2) is 0 Å². The van der Waals surface area contributed by atoms with Crippen molar-refractivity contribution in [3.05, 3.63) is 0 Å². The van der Waals surface area contributed by atoms with Gasteiger partial charge in [-0.1, -0.05) is 20.2 Å². The van der Waals surface area contributed by atoms with Crippen LogP contribution in [0.2, 0.25) is 0 Å². The molecule has 0 N–H and O–H groups in total. The first kappa shape index (κ1) is 5.80. The van der Waals surface area contributed by atoms with Crippen molar-refractivity contribution in [1.82, 2.24) is 0 Å². The molecule has 48 valence electrons. The summed E-state index contributed by atoms with van der Waals surface area (Å²) in [4.78, 5) is 10.5. The van der Waals surface area contributed by atoms with Gasteiger partial charge in [-0.25, -0.2) is 0 Å². The van der Waals surface area contributed by atoms with Crippen LogP contribution in [0.1, 0.15) is 35.0 Å². The Balaban J connectivity index is 3.43. The molecule has 0 aromatic heterocycles. The Morgan fingerprint density at radius 1 is 1.88 bits per heavy atom. The lowest BCUT2D eigenvalue weighted by Gasteiger charge is -2.01. The van der Waals surface area contributed by atoms with Crippen molar-refractivity contribution in [3.63, 3.8) is 0 Å². The topological polar surface area (TPSA) is 17.1 Å². The number of ketones is 1. The van der Waals surface area contributed by atoms with E-state index in [0.717, 1.165) is 6.42 Å². The molecule has 0 fully saturated rings. The van der Waals surface area contributed by atoms with Gasteiger partial charge in [-0.05, 0) is 12.8 Å². The van der Waals surface area contributed by atoms with E-state index in [1.54, 1.807) is 6.92 Å². The van der Waals surface area contributed by atoms with E-state index in [-0.39, 0.29) is 5.78 Å². The highest BCUT2D eigenvalue weighted by Crippen LogP contribution is 2.05. The highest BCUT2D eigenvalue weighted by atomic mass is 16.1. The maximum atomic E-state index is 10.5. The summed E-state index contributed by atoms with van der Waals surface area (Å²) in [5.74, 6) is 0.497. The third kappa shape index (κ3) is 3.85. The van der Waals surface area contributed by atoms with Crippen LogP contribution in [0.4, 0.5) is 0 Å². The highest BCUT2D eigenvalue weighted by Gasteiger charge is 2.00. The molecule has 0 rings (SSSR count). The molecule has 0 heterocycles. The lowest BCUT2D eigenvalue weighted by atomic mass is 10.0. The Bertz CT molecular complexity index is 86.9. The SMILES string of the molecule is [2H]CC(CC)CC(C)=O. The second-order valence-electron chi connectivity index (χ2n) is 2.18. The fourth-order valence-electron chi connectivity index (χ4n) is 0.551. The minimum Gasteiger partial charge on any atom is -0.300 e. The number of rotatable bonds is 3. The average molecular weight is 115 g/mol. The minimum atomic E-state index is 0.203. The molecule has 0 aliphatic carbocycles. The van der Waals surface area contributed by atoms with E-state index in [1.807, 2.05) is 6.92 Å². The smallest absolute Gasteiger partial charge is 0.130 e. The normalized spacial score (nSPS) is 15.0. The van der Waals surface area contributed by atoms with Gasteiger partial charge in [-0.15, -0.1) is 0 Å². The van der Waals surface area contributed by atoms with Crippen molar-refractivity contribution >= 4 is 5.78 Å². The summed E-state index contributed by atoms with van der Waals surface area (Å²) in [6.07, 6.45) is 1.53. The molecule has 0 saturated carbocycles. The van der Waals surface area contributed by atoms with Gasteiger partial charge in [0.25, 0.3) is 0 Å². The van der Waals surface area contributed by atoms with Crippen molar-refractivity contribution in [2.75, 3.05) is 0 Å². The second kappa shape index (κ2) is 3.65. The zero-order valence-corrected chi connectivity index (χ0v) is 5.61. The summed E-state index contributed by atoms with van der Waals surface area (Å²) < 4.78 is 7.00. The fraction of sp³-hybridized carbons (Fsp3) is 0.857. The minimum absolute atomic E-state index is 0.203. The van der Waals surface area contributed by atoms with E-state index < -0.39 is 0 Å². The Morgan fingerprint density at radius 2 is 2.50 bits per heavy atom. The molecule has 1 nitrogen and oxygen atoms in total. The van der Waals surface area contributed by atoms with Gasteiger partial charge in [0.05, 0.1) is 0 Å². The quantitative estimate of drug-likeness (QED) is 0.550. The maximum absolute atomic E-state index is 10.5. The number of hydrogen-bond acceptors (Lipinski definition) is 1. The van der Waals surface area contributed by atoms with E-state index in [4.69, 9.17) is 1.37 Å². The summed E-state index contributed by atoms with van der Waals surface area (Å²) in [6, 6.07) is 0. The van der Waals surface area contributed by atoms with E-state index in [9.17, 15) is 4.79 Å². The predicted octanol–water partition coefficient (Wildman–Crippen LogP) is 2.01. The Morgan fingerprint density at radius 3 is 2.62 bits per heavy atom. The van der Waals surface area contributed by atoms with Crippen molar-refractivity contribution in [1.29, 1.82) is 0 Å². The molecule has 0 aliphatic heterocycles. The lowest BCUT2D eigenvalue weighted by molar-refractivity contribution is -0.117. The Kier molecular flexibility index (Phi) is 2.64. The lowest BCUT2D eigenvalue weighted by Crippen LogP contribution is -1.98. The van der Waals surface area contributed by atoms with Gasteiger partial charge >= 0.3 is 0 Å². The molecular formula is C7H14O. The van der Waals surface area contributed by atoms with Crippen LogP contribution in [-0.2, 0) is 4.79 Å². The maximum Gasteiger partial charge on any atom is 0.130 e. The van der Waals surface area contributed by atoms with Crippen LogP contribution in [0.25, 0.3) is 0 Å². The first-order valence-corrected chi connectivity index (χ1v) is 2.99. The van der Waals surface area contributed by atoms with Crippen LogP contribution in [0, 0.1) is 5.92 Å². The molecule has 1 atom stereocenters. The molecule has 8 heavy (non-hydrogen) atoms. The predicted molar refractivity (Wildman–Crippen MR) is 34.8 cm³/mol. The molecule has 0 amide bonds. The molecule has 0 bridgehead atoms. The van der Waals surface area contributed by atoms with Gasteiger partial charge in [-0.2, -0.15) is 0 Å². The summed E-state index contributed by atoms with van der Waals surface area (Å²) in [5, 5.41) is 0. The molecule has 1 unspecified atom stereocenters. The van der Waals surface area contributed by atoms with E-state index in [2.05, 4.69) is 0 Å². The molecule has 0 aromatic carbocycles. The molecule has 0 saturated heterocycles. The molecule has 0 spiro atoms. The molecule has 1 heteroatoms. The zero-order chi connectivity index (χ0) is 7.28. The van der Waals surface area contributed by atoms with Crippen LogP contribution in [-0.4, -0.2) is 5.78 Å². The fourth-order valence-corrected chi connectivity index (χ4v) is 0.551. The standard InChI is InChI=1S/C7H14O/c1-4-6(2)5-7(3)8/h6H,4-5H2,1-3H3/i2D. The van der Waals surface area contributed by atoms with Gasteiger partial charge in [0.1, 0.15) is 5.78 Å². The third-order valence-electron chi connectivity index (χ3n) is 1.15. The third-order valence-corrected chi connectivity index (χ3v) is 1.15. The van der Waals surface area contributed by atoms with E-state index in [0.29, 0.717) is 19.2 Å². The first-order chi connectivity index (χ1) is 4.20. The van der Waals surface area contributed by atoms with Crippen LogP contribution < -0.4 is 0 Å². The Labute approximate surface area is 52.5 Å². The molecule has 0 aromatic rings. The summed E-state index contributed by atoms with van der Waals surface area (Å²) in [6.45, 7) is 3.98. The van der Waals surface area contributed by atoms with Gasteiger partial charge in [0, 0.05) is 7.79 Å². The van der Waals surface area contributed by atoms with Crippen LogP contribution in [0.5, 0.6) is 0 Å². The number of hydrogen-bond donors (Lipinski definition) is 0. The monoisotopic (exact) mass is 115 g/mol. The number of carbonyl (C=O) groups excluding carboxylic acids is 1. The van der Waals surface area contributed by atoms with E-state index >= 15 is 0 Å². The molecular weight excluding hydrogens is 100 g/mol. The van der Waals surface area contributed by atoms with Gasteiger partial charge in [0.15, 0.2) is 0 Å². The summed E-state index contributed by atoms with van der Waals surface area (Å²) >= 11 is 0. The van der Waals surface area contributed by atoms with Crippen molar-refractivity contribution < 1.29 is 6.17 Å². The Hall–Kier alpha value is -0.330. The summed E-state index contributed by atoms with van der Waals surface area (Å²) in [7, 11) is 0. The first-order valence-electron chi connectivity index (χ1n) is 3.70. The van der Waals surface area contributed by atoms with E-state index in [1.165, 1.54) is 0 Å². The van der Waals surface area contributed by atoms with Crippen molar-refractivity contribution in [3.8, 4) is 0 Å². The van der Waals surface area contributed by atoms with Crippen molar-refractivity contribution in [2.45, 2.75) is 33.6 Å². The zero-order valence-electron chi connectivity index (χ0n) is 6.61. The average Bonchev–Trinajstić information content (AvgIpc) is 1.82. The van der Waals surface area contributed by atoms with Crippen LogP contribution in [0.3, 0.4) is 0 Å². The molecule has 0 radical (unpaired) electrons. The molecule has 0 aliphatic rings. The van der Waals surface area contributed by atoms with Crippen LogP contribution >= 0.6 is 0 Å². The van der Waals surface area contributed by atoms with Crippen molar-refractivity contribution in [2.24, 2.45) is 5.92 Å². The summed E-state index contributed by atoms with van der Waals surface area (Å²) in [5.41, 5.74) is 0. The van der Waals surface area contributed by atoms with Gasteiger partial charge in [0.2, 0.25) is 0 Å². The largest absolute Gasteiger partial charge is 0.300 e. The van der Waals surface area contributed by atoms with Gasteiger partial charge < -0.3 is 4.79 Å².